The number of β-amino-alcohol motifs (C(OH)–C–C–N with tert-alkyl or cyclic N) is 1. The van der Waals surface area contributed by atoms with Gasteiger partial charge in [0.05, 0.1) is 24.1 Å². The number of nitrogens with one attached hydrogen (secondary N) is 1. The second-order valence-corrected chi connectivity index (χ2v) is 5.34. The lowest BCUT2D eigenvalue weighted by atomic mass is 10.1. The number of nitrogens with zero attached hydrogens (tertiary/aromatic N) is 2. The van der Waals surface area contributed by atoms with Gasteiger partial charge in [0, 0.05) is 31.6 Å². The van der Waals surface area contributed by atoms with E-state index in [1.54, 1.807) is 6.07 Å². The van der Waals surface area contributed by atoms with Crippen LogP contribution in [0.15, 0.2) is 24.3 Å². The summed E-state index contributed by atoms with van der Waals surface area (Å²) in [6, 6.07) is 6.35. The van der Waals surface area contributed by atoms with Crippen molar-refractivity contribution in [2.24, 2.45) is 0 Å². The molecule has 3 rings (SSSR count). The molecule has 0 spiro atoms. The van der Waals surface area contributed by atoms with Crippen LogP contribution in [0.5, 0.6) is 0 Å². The first-order chi connectivity index (χ1) is 10.2. The molecule has 1 aromatic heterocycles. The third-order valence-corrected chi connectivity index (χ3v) is 3.69. The second kappa shape index (κ2) is 5.93. The van der Waals surface area contributed by atoms with Gasteiger partial charge in [-0.1, -0.05) is 12.1 Å². The molecular weight excluding hydrogens is 273 g/mol. The van der Waals surface area contributed by atoms with Gasteiger partial charge in [0.1, 0.15) is 11.6 Å². The number of H-pyrrole nitrogens is 1. The van der Waals surface area contributed by atoms with E-state index in [4.69, 9.17) is 5.11 Å². The van der Waals surface area contributed by atoms with Gasteiger partial charge >= 0.3 is 0 Å². The van der Waals surface area contributed by atoms with Crippen molar-refractivity contribution in [3.05, 3.63) is 41.5 Å². The summed E-state index contributed by atoms with van der Waals surface area (Å²) in [6.07, 6.45) is 0.0522. The molecule has 0 bridgehead atoms. The van der Waals surface area contributed by atoms with Crippen LogP contribution < -0.4 is 0 Å². The smallest absolute Gasteiger partial charge is 0.137 e. The first-order valence-electron chi connectivity index (χ1n) is 7.00. The zero-order chi connectivity index (χ0) is 14.8. The SMILES string of the molecule is OC[C@@H](O)CN1CCc2nc(-c3cccc(F)c3)[nH]c2C1. The van der Waals surface area contributed by atoms with Crippen molar-refractivity contribution < 1.29 is 14.6 Å². The highest BCUT2D eigenvalue weighted by Crippen LogP contribution is 2.23. The fraction of sp³-hybridized carbons (Fsp3) is 0.400. The van der Waals surface area contributed by atoms with Crippen LogP contribution >= 0.6 is 0 Å². The molecule has 1 aliphatic rings. The summed E-state index contributed by atoms with van der Waals surface area (Å²) in [5, 5.41) is 18.4. The van der Waals surface area contributed by atoms with Gasteiger partial charge in [-0.3, -0.25) is 4.90 Å². The molecule has 0 fully saturated rings. The zero-order valence-corrected chi connectivity index (χ0v) is 11.6. The molecule has 2 aromatic rings. The lowest BCUT2D eigenvalue weighted by Gasteiger charge is -2.27. The maximum absolute atomic E-state index is 13.3. The number of rotatable bonds is 4. The Morgan fingerprint density at radius 3 is 3.05 bits per heavy atom. The Bertz CT molecular complexity index is 629. The van der Waals surface area contributed by atoms with Gasteiger partial charge in [0.15, 0.2) is 0 Å². The number of hydrogen-bond donors (Lipinski definition) is 3. The van der Waals surface area contributed by atoms with Crippen LogP contribution in [0.1, 0.15) is 11.4 Å². The highest BCUT2D eigenvalue weighted by Gasteiger charge is 2.22. The van der Waals surface area contributed by atoms with Crippen molar-refractivity contribution in [3.63, 3.8) is 0 Å². The fourth-order valence-corrected chi connectivity index (χ4v) is 2.63. The maximum Gasteiger partial charge on any atom is 0.137 e. The summed E-state index contributed by atoms with van der Waals surface area (Å²) in [5.74, 6) is 0.388. The number of aromatic nitrogens is 2. The van der Waals surface area contributed by atoms with Gasteiger partial charge in [-0.05, 0) is 12.1 Å². The lowest BCUT2D eigenvalue weighted by molar-refractivity contribution is 0.0546. The molecule has 3 N–H and O–H groups in total. The molecule has 0 amide bonds. The van der Waals surface area contributed by atoms with E-state index in [1.807, 2.05) is 6.07 Å². The number of fused-ring (bicyclic) bond motifs is 1. The Labute approximate surface area is 122 Å². The van der Waals surface area contributed by atoms with Crippen molar-refractivity contribution in [1.29, 1.82) is 0 Å². The van der Waals surface area contributed by atoms with E-state index in [9.17, 15) is 9.50 Å². The number of imidazole rings is 1. The Hall–Kier alpha value is -1.76. The highest BCUT2D eigenvalue weighted by atomic mass is 19.1. The van der Waals surface area contributed by atoms with Crippen LogP contribution in [0.25, 0.3) is 11.4 Å². The number of halogens is 1. The van der Waals surface area contributed by atoms with Crippen LogP contribution in [0, 0.1) is 5.82 Å². The van der Waals surface area contributed by atoms with E-state index >= 15 is 0 Å². The molecule has 0 aliphatic carbocycles. The first kappa shape index (κ1) is 14.2. The topological polar surface area (TPSA) is 72.4 Å². The van der Waals surface area contributed by atoms with Crippen molar-refractivity contribution in [1.82, 2.24) is 14.9 Å². The van der Waals surface area contributed by atoms with Crippen molar-refractivity contribution >= 4 is 0 Å². The summed E-state index contributed by atoms with van der Waals surface area (Å²) >= 11 is 0. The molecule has 2 heterocycles. The summed E-state index contributed by atoms with van der Waals surface area (Å²) in [4.78, 5) is 9.84. The standard InChI is InChI=1S/C15H18FN3O2/c16-11-3-1-2-10(6-11)15-17-13-4-5-19(7-12(21)9-20)8-14(13)18-15/h1-3,6,12,20-21H,4-5,7-9H2,(H,17,18)/t12-/m0/s1. The summed E-state index contributed by atoms with van der Waals surface area (Å²) in [7, 11) is 0. The van der Waals surface area contributed by atoms with Crippen LogP contribution in [0.2, 0.25) is 0 Å². The van der Waals surface area contributed by atoms with E-state index in [-0.39, 0.29) is 12.4 Å². The average molecular weight is 291 g/mol. The van der Waals surface area contributed by atoms with E-state index in [2.05, 4.69) is 14.9 Å². The molecule has 112 valence electrons. The molecule has 5 nitrogen and oxygen atoms in total. The Morgan fingerprint density at radius 2 is 2.29 bits per heavy atom. The first-order valence-corrected chi connectivity index (χ1v) is 7.00. The molecule has 1 atom stereocenters. The van der Waals surface area contributed by atoms with Crippen LogP contribution in [-0.4, -0.2) is 50.9 Å². The maximum atomic E-state index is 13.3. The largest absolute Gasteiger partial charge is 0.394 e. The van der Waals surface area contributed by atoms with Crippen LogP contribution in [0.4, 0.5) is 4.39 Å². The van der Waals surface area contributed by atoms with Crippen molar-refractivity contribution in [2.45, 2.75) is 19.1 Å². The number of hydrogen-bond acceptors (Lipinski definition) is 4. The predicted octanol–water partition coefficient (Wildman–Crippen LogP) is 0.927. The third-order valence-electron chi connectivity index (χ3n) is 3.69. The number of aromatic amines is 1. The summed E-state index contributed by atoms with van der Waals surface area (Å²) in [6.45, 7) is 1.64. The minimum Gasteiger partial charge on any atom is -0.394 e. The molecule has 0 unspecified atom stereocenters. The Morgan fingerprint density at radius 1 is 1.43 bits per heavy atom. The second-order valence-electron chi connectivity index (χ2n) is 5.34. The Kier molecular flexibility index (Phi) is 4.01. The minimum absolute atomic E-state index is 0.235. The number of aliphatic hydroxyl groups excluding tert-OH is 2. The zero-order valence-electron chi connectivity index (χ0n) is 11.6. The summed E-state index contributed by atoms with van der Waals surface area (Å²) < 4.78 is 13.3. The average Bonchev–Trinajstić information content (AvgIpc) is 2.90. The summed E-state index contributed by atoms with van der Waals surface area (Å²) in [5.41, 5.74) is 2.71. The molecule has 1 aromatic carbocycles. The lowest BCUT2D eigenvalue weighted by Crippen LogP contribution is -2.37. The van der Waals surface area contributed by atoms with Crippen molar-refractivity contribution in [3.8, 4) is 11.4 Å². The fourth-order valence-electron chi connectivity index (χ4n) is 2.63. The van der Waals surface area contributed by atoms with Gasteiger partial charge < -0.3 is 15.2 Å². The van der Waals surface area contributed by atoms with Crippen molar-refractivity contribution in [2.75, 3.05) is 19.7 Å². The number of aliphatic hydroxyl groups is 2. The molecule has 0 saturated heterocycles. The van der Waals surface area contributed by atoms with Gasteiger partial charge in [-0.15, -0.1) is 0 Å². The van der Waals surface area contributed by atoms with Crippen LogP contribution in [0.3, 0.4) is 0 Å². The predicted molar refractivity (Wildman–Crippen MR) is 76.1 cm³/mol. The van der Waals surface area contributed by atoms with Gasteiger partial charge in [0.25, 0.3) is 0 Å². The molecule has 21 heavy (non-hydrogen) atoms. The normalized spacial score (nSPS) is 16.7. The van der Waals surface area contributed by atoms with E-state index in [0.717, 1.165) is 29.9 Å². The molecule has 6 heteroatoms. The highest BCUT2D eigenvalue weighted by molar-refractivity contribution is 5.56. The molecule has 1 aliphatic heterocycles. The van der Waals surface area contributed by atoms with Gasteiger partial charge in [0.2, 0.25) is 0 Å². The third kappa shape index (κ3) is 3.12. The Balaban J connectivity index is 1.78. The van der Waals surface area contributed by atoms with E-state index in [0.29, 0.717) is 18.9 Å². The monoisotopic (exact) mass is 291 g/mol. The van der Waals surface area contributed by atoms with Crippen LogP contribution in [-0.2, 0) is 13.0 Å². The van der Waals surface area contributed by atoms with E-state index in [1.165, 1.54) is 12.1 Å². The molecule has 0 radical (unpaired) electrons. The quantitative estimate of drug-likeness (QED) is 0.783. The molecular formula is C15H18FN3O2. The van der Waals surface area contributed by atoms with Gasteiger partial charge in [-0.25, -0.2) is 9.37 Å². The number of benzene rings is 1. The molecule has 0 saturated carbocycles. The minimum atomic E-state index is -0.725. The van der Waals surface area contributed by atoms with Gasteiger partial charge in [-0.2, -0.15) is 0 Å². The van der Waals surface area contributed by atoms with E-state index < -0.39 is 6.10 Å².